The van der Waals surface area contributed by atoms with E-state index in [2.05, 4.69) is 43.6 Å². The minimum absolute atomic E-state index is 0.0415. The lowest BCUT2D eigenvalue weighted by atomic mass is 10.2. The number of nitrogens with one attached hydrogen (secondary N) is 3. The molecule has 5 N–H and O–H groups in total. The summed E-state index contributed by atoms with van der Waals surface area (Å²) < 4.78 is 27.3. The fourth-order valence-corrected chi connectivity index (χ4v) is 3.01. The fourth-order valence-electron chi connectivity index (χ4n) is 3.01. The van der Waals surface area contributed by atoms with E-state index in [1.165, 1.54) is 0 Å². The summed E-state index contributed by atoms with van der Waals surface area (Å²) in [6.07, 6.45) is 3.50. The molecule has 0 aromatic heterocycles. The Hall–Kier alpha value is -2.54. The molecular formula is C28H48N4O7. The molecule has 222 valence electrons. The second-order valence-corrected chi connectivity index (χ2v) is 9.41. The van der Waals surface area contributed by atoms with Crippen LogP contribution in [0.2, 0.25) is 0 Å². The first-order valence-corrected chi connectivity index (χ1v) is 13.6. The van der Waals surface area contributed by atoms with E-state index in [0.717, 1.165) is 6.54 Å². The molecule has 1 aromatic rings. The van der Waals surface area contributed by atoms with Crippen molar-refractivity contribution in [1.29, 1.82) is 0 Å². The van der Waals surface area contributed by atoms with Gasteiger partial charge in [0.25, 0.3) is 0 Å². The lowest BCUT2D eigenvalue weighted by molar-refractivity contribution is -0.126. The van der Waals surface area contributed by atoms with Crippen molar-refractivity contribution >= 4 is 17.5 Å². The molecule has 1 unspecified atom stereocenters. The number of benzene rings is 1. The van der Waals surface area contributed by atoms with E-state index in [1.807, 2.05) is 12.2 Å². The summed E-state index contributed by atoms with van der Waals surface area (Å²) in [6.45, 7) is 12.0. The van der Waals surface area contributed by atoms with Gasteiger partial charge in [-0.3, -0.25) is 9.59 Å². The number of ether oxygens (including phenoxy) is 5. The molecule has 0 bridgehead atoms. The van der Waals surface area contributed by atoms with Crippen LogP contribution in [0.25, 0.3) is 0 Å². The quantitative estimate of drug-likeness (QED) is 0.0912. The molecule has 0 aliphatic heterocycles. The van der Waals surface area contributed by atoms with E-state index < -0.39 is 6.23 Å². The zero-order valence-corrected chi connectivity index (χ0v) is 23.9. The molecule has 2 amide bonds. The minimum atomic E-state index is -0.672. The zero-order chi connectivity index (χ0) is 28.7. The molecule has 0 fully saturated rings. The van der Waals surface area contributed by atoms with Gasteiger partial charge in [-0.15, -0.1) is 0 Å². The van der Waals surface area contributed by atoms with E-state index in [-0.39, 0.29) is 44.7 Å². The second-order valence-electron chi connectivity index (χ2n) is 9.41. The van der Waals surface area contributed by atoms with Crippen molar-refractivity contribution in [2.75, 3.05) is 71.3 Å². The van der Waals surface area contributed by atoms with Gasteiger partial charge in [0.1, 0.15) is 25.2 Å². The van der Waals surface area contributed by atoms with Crippen LogP contribution in [0.1, 0.15) is 34.1 Å². The first-order valence-electron chi connectivity index (χ1n) is 13.6. The molecule has 0 radical (unpaired) electrons. The molecule has 11 nitrogen and oxygen atoms in total. The Bertz CT molecular complexity index is 821. The summed E-state index contributed by atoms with van der Waals surface area (Å²) in [5.74, 6) is 0.648. The van der Waals surface area contributed by atoms with Gasteiger partial charge in [-0.05, 0) is 18.1 Å². The van der Waals surface area contributed by atoms with Crippen LogP contribution in [0.3, 0.4) is 0 Å². The van der Waals surface area contributed by atoms with Crippen molar-refractivity contribution in [3.8, 4) is 5.75 Å². The van der Waals surface area contributed by atoms with Gasteiger partial charge in [-0.25, -0.2) is 0 Å². The molecule has 0 saturated heterocycles. The Morgan fingerprint density at radius 3 is 2.44 bits per heavy atom. The normalized spacial score (nSPS) is 12.3. The number of allylic oxidation sites excluding steroid dienone is 1. The highest BCUT2D eigenvalue weighted by Crippen LogP contribution is 2.17. The summed E-state index contributed by atoms with van der Waals surface area (Å²) in [5, 5.41) is 8.84. The summed E-state index contributed by atoms with van der Waals surface area (Å²) in [5.41, 5.74) is 6.54. The highest BCUT2D eigenvalue weighted by molar-refractivity contribution is 5.90. The molecule has 0 heterocycles. The molecule has 1 aromatic carbocycles. The van der Waals surface area contributed by atoms with Crippen LogP contribution < -0.4 is 26.4 Å². The second kappa shape index (κ2) is 22.3. The fraction of sp³-hybridized carbons (Fsp3) is 0.643. The Morgan fingerprint density at radius 2 is 1.69 bits per heavy atom. The summed E-state index contributed by atoms with van der Waals surface area (Å²) >= 11 is 0. The van der Waals surface area contributed by atoms with Crippen LogP contribution in [0.15, 0.2) is 36.4 Å². The lowest BCUT2D eigenvalue weighted by Crippen LogP contribution is -2.33. The van der Waals surface area contributed by atoms with Crippen molar-refractivity contribution in [2.45, 2.75) is 46.4 Å². The van der Waals surface area contributed by atoms with Gasteiger partial charge in [-0.2, -0.15) is 0 Å². The standard InChI is InChI=1S/C28H48N4O7/c1-22(2)7-6-11-31-28(34)21-37-17-18-38-26(29)20-39-25-9-5-8-24(19-25)32-27(33)10-13-35-15-16-36-14-12-30-23(3)4/h5-9,19,22-23,26,30H,10-18,20-21,29H2,1-4H3,(H,31,34)(H,32,33)/b7-6+. The zero-order valence-electron chi connectivity index (χ0n) is 23.9. The smallest absolute Gasteiger partial charge is 0.246 e. The van der Waals surface area contributed by atoms with Crippen LogP contribution in [0.5, 0.6) is 5.75 Å². The van der Waals surface area contributed by atoms with Crippen LogP contribution >= 0.6 is 0 Å². The van der Waals surface area contributed by atoms with Gasteiger partial charge in [0, 0.05) is 30.9 Å². The number of amides is 2. The Kier molecular flexibility index (Phi) is 19.7. The third-order valence-corrected chi connectivity index (χ3v) is 4.91. The van der Waals surface area contributed by atoms with E-state index in [0.29, 0.717) is 56.4 Å². The number of nitrogens with two attached hydrogens (primary N) is 1. The van der Waals surface area contributed by atoms with Crippen LogP contribution in [0, 0.1) is 5.92 Å². The molecule has 1 atom stereocenters. The molecule has 1 rings (SSSR count). The van der Waals surface area contributed by atoms with E-state index >= 15 is 0 Å². The van der Waals surface area contributed by atoms with Crippen molar-refractivity contribution in [1.82, 2.24) is 10.6 Å². The Morgan fingerprint density at radius 1 is 0.949 bits per heavy atom. The van der Waals surface area contributed by atoms with Gasteiger partial charge in [0.15, 0.2) is 0 Å². The number of hydrogen-bond acceptors (Lipinski definition) is 9. The molecule has 0 aliphatic rings. The van der Waals surface area contributed by atoms with Gasteiger partial charge >= 0.3 is 0 Å². The van der Waals surface area contributed by atoms with Crippen molar-refractivity contribution in [2.24, 2.45) is 11.7 Å². The van der Waals surface area contributed by atoms with Gasteiger partial charge in [0.05, 0.1) is 46.1 Å². The molecule has 39 heavy (non-hydrogen) atoms. The number of hydrogen-bond donors (Lipinski definition) is 4. The van der Waals surface area contributed by atoms with Crippen molar-refractivity contribution in [3.05, 3.63) is 36.4 Å². The summed E-state index contributed by atoms with van der Waals surface area (Å²) in [6, 6.07) is 7.46. The van der Waals surface area contributed by atoms with Crippen molar-refractivity contribution < 1.29 is 33.3 Å². The molecule has 0 aliphatic carbocycles. The summed E-state index contributed by atoms with van der Waals surface area (Å²) in [4.78, 5) is 23.9. The first-order chi connectivity index (χ1) is 18.8. The topological polar surface area (TPSA) is 142 Å². The molecule has 11 heteroatoms. The lowest BCUT2D eigenvalue weighted by Gasteiger charge is -2.15. The molecule has 0 spiro atoms. The van der Waals surface area contributed by atoms with Crippen LogP contribution in [-0.2, 0) is 28.5 Å². The maximum absolute atomic E-state index is 12.2. The average Bonchev–Trinajstić information content (AvgIpc) is 2.88. The van der Waals surface area contributed by atoms with Crippen molar-refractivity contribution in [3.63, 3.8) is 0 Å². The number of carbonyl (C=O) groups is 2. The monoisotopic (exact) mass is 552 g/mol. The molecule has 0 saturated carbocycles. The van der Waals surface area contributed by atoms with Gasteiger partial charge in [0.2, 0.25) is 11.8 Å². The third-order valence-electron chi connectivity index (χ3n) is 4.91. The van der Waals surface area contributed by atoms with Crippen LogP contribution in [-0.4, -0.2) is 90.0 Å². The predicted octanol–water partition coefficient (Wildman–Crippen LogP) is 2.07. The minimum Gasteiger partial charge on any atom is -0.489 e. The van der Waals surface area contributed by atoms with E-state index in [9.17, 15) is 9.59 Å². The maximum atomic E-state index is 12.2. The SMILES string of the molecule is CC(C)/C=C/CNC(=O)COCCOC(N)COc1cccc(NC(=O)CCOCCOCCNC(C)C)c1. The average molecular weight is 553 g/mol. The summed E-state index contributed by atoms with van der Waals surface area (Å²) in [7, 11) is 0. The highest BCUT2D eigenvalue weighted by Gasteiger charge is 2.07. The third kappa shape index (κ3) is 21.0. The molecular weight excluding hydrogens is 504 g/mol. The van der Waals surface area contributed by atoms with Crippen LogP contribution in [0.4, 0.5) is 5.69 Å². The Labute approximate surface area is 233 Å². The number of carbonyl (C=O) groups excluding carboxylic acids is 2. The van der Waals surface area contributed by atoms with E-state index in [4.69, 9.17) is 29.4 Å². The number of anilines is 1. The Balaban J connectivity index is 2.12. The first kappa shape index (κ1) is 34.5. The van der Waals surface area contributed by atoms with Gasteiger partial charge in [-0.1, -0.05) is 45.9 Å². The van der Waals surface area contributed by atoms with E-state index in [1.54, 1.807) is 24.3 Å². The highest BCUT2D eigenvalue weighted by atomic mass is 16.6. The largest absolute Gasteiger partial charge is 0.489 e. The predicted molar refractivity (Wildman–Crippen MR) is 152 cm³/mol. The maximum Gasteiger partial charge on any atom is 0.246 e. The number of rotatable bonds is 23. The van der Waals surface area contributed by atoms with Gasteiger partial charge < -0.3 is 45.4 Å².